The molecular formula is C8H10N. The van der Waals surface area contributed by atoms with Crippen molar-refractivity contribution >= 4 is 0 Å². The third kappa shape index (κ3) is 1.84. The van der Waals surface area contributed by atoms with Crippen molar-refractivity contribution < 1.29 is 0 Å². The van der Waals surface area contributed by atoms with Crippen LogP contribution in [-0.4, -0.2) is 4.98 Å². The predicted octanol–water partition coefficient (Wildman–Crippen LogP) is 1.85. The number of rotatable bonds is 2. The van der Waals surface area contributed by atoms with Crippen molar-refractivity contribution in [3.63, 3.8) is 0 Å². The van der Waals surface area contributed by atoms with Gasteiger partial charge in [-0.3, -0.25) is 4.98 Å². The van der Waals surface area contributed by atoms with Crippen molar-refractivity contribution in [2.24, 2.45) is 0 Å². The molecule has 0 atom stereocenters. The highest BCUT2D eigenvalue weighted by molar-refractivity contribution is 5.11. The van der Waals surface area contributed by atoms with E-state index in [-0.39, 0.29) is 0 Å². The Hall–Kier alpha value is -0.850. The molecule has 1 radical (unpaired) electrons. The normalized spacial score (nSPS) is 9.44. The Balaban J connectivity index is 2.61. The molecule has 1 heteroatoms. The summed E-state index contributed by atoms with van der Waals surface area (Å²) in [5.74, 6) is 0. The summed E-state index contributed by atoms with van der Waals surface area (Å²) in [6.07, 6.45) is 6.82. The number of hydrogen-bond donors (Lipinski definition) is 0. The average molecular weight is 120 g/mol. The smallest absolute Gasteiger partial charge is 0.0270 e. The minimum absolute atomic E-state index is 1.04. The van der Waals surface area contributed by atoms with E-state index in [1.165, 1.54) is 5.56 Å². The van der Waals surface area contributed by atoms with E-state index < -0.39 is 0 Å². The van der Waals surface area contributed by atoms with Gasteiger partial charge in [0.25, 0.3) is 0 Å². The first-order chi connectivity index (χ1) is 4.43. The summed E-state index contributed by atoms with van der Waals surface area (Å²) in [7, 11) is 0. The molecule has 0 unspecified atom stereocenters. The summed E-state index contributed by atoms with van der Waals surface area (Å²) in [5.41, 5.74) is 1.33. The second kappa shape index (κ2) is 3.23. The van der Waals surface area contributed by atoms with E-state index in [1.54, 1.807) is 0 Å². The first-order valence-electron chi connectivity index (χ1n) is 3.10. The molecule has 0 aliphatic rings. The number of aromatic nitrogens is 1. The highest BCUT2D eigenvalue weighted by Crippen LogP contribution is 1.97. The van der Waals surface area contributed by atoms with Crippen LogP contribution in [-0.2, 0) is 6.42 Å². The monoisotopic (exact) mass is 120 g/mol. The van der Waals surface area contributed by atoms with Crippen LogP contribution in [0.15, 0.2) is 24.5 Å². The Kier molecular flexibility index (Phi) is 2.25. The Labute approximate surface area is 55.7 Å². The van der Waals surface area contributed by atoms with Crippen LogP contribution in [0.4, 0.5) is 0 Å². The van der Waals surface area contributed by atoms with Crippen LogP contribution < -0.4 is 0 Å². The molecule has 0 spiro atoms. The zero-order valence-electron chi connectivity index (χ0n) is 5.54. The van der Waals surface area contributed by atoms with Crippen LogP contribution in [0.25, 0.3) is 0 Å². The maximum atomic E-state index is 3.91. The minimum atomic E-state index is 1.04. The lowest BCUT2D eigenvalue weighted by Gasteiger charge is -1.93. The molecular weight excluding hydrogens is 110 g/mol. The lowest BCUT2D eigenvalue weighted by Crippen LogP contribution is -1.81. The van der Waals surface area contributed by atoms with E-state index in [4.69, 9.17) is 0 Å². The molecule has 0 saturated heterocycles. The summed E-state index contributed by atoms with van der Waals surface area (Å²) in [4.78, 5) is 3.91. The molecule has 0 aromatic carbocycles. The second-order valence-corrected chi connectivity index (χ2v) is 1.97. The van der Waals surface area contributed by atoms with E-state index in [2.05, 4.69) is 18.3 Å². The molecule has 1 aromatic heterocycles. The van der Waals surface area contributed by atoms with Crippen LogP contribution in [0.3, 0.4) is 0 Å². The standard InChI is InChI=1S/C8H10N/c1-2-3-8-4-6-9-7-5-8/h2,4-7H,3H2,1H3. The van der Waals surface area contributed by atoms with Gasteiger partial charge in [-0.1, -0.05) is 6.92 Å². The molecule has 0 fully saturated rings. The Morgan fingerprint density at radius 1 is 1.44 bits per heavy atom. The maximum absolute atomic E-state index is 3.91. The van der Waals surface area contributed by atoms with Crippen molar-refractivity contribution in [1.29, 1.82) is 0 Å². The highest BCUT2D eigenvalue weighted by atomic mass is 14.6. The summed E-state index contributed by atoms with van der Waals surface area (Å²) in [5, 5.41) is 0. The van der Waals surface area contributed by atoms with Crippen LogP contribution in [0.5, 0.6) is 0 Å². The zero-order valence-corrected chi connectivity index (χ0v) is 5.54. The van der Waals surface area contributed by atoms with Crippen LogP contribution >= 0.6 is 0 Å². The summed E-state index contributed by atoms with van der Waals surface area (Å²) >= 11 is 0. The van der Waals surface area contributed by atoms with E-state index >= 15 is 0 Å². The predicted molar refractivity (Wildman–Crippen MR) is 37.9 cm³/mol. The van der Waals surface area contributed by atoms with Crippen molar-refractivity contribution in [3.05, 3.63) is 36.5 Å². The maximum Gasteiger partial charge on any atom is 0.0270 e. The quantitative estimate of drug-likeness (QED) is 0.580. The molecule has 47 valence electrons. The fraction of sp³-hybridized carbons (Fsp3) is 0.250. The van der Waals surface area contributed by atoms with Gasteiger partial charge < -0.3 is 0 Å². The lowest BCUT2D eigenvalue weighted by atomic mass is 10.2. The van der Waals surface area contributed by atoms with Gasteiger partial charge in [-0.15, -0.1) is 0 Å². The van der Waals surface area contributed by atoms with E-state index in [0.29, 0.717) is 0 Å². The van der Waals surface area contributed by atoms with Gasteiger partial charge in [0, 0.05) is 12.4 Å². The van der Waals surface area contributed by atoms with Gasteiger partial charge in [0.1, 0.15) is 0 Å². The van der Waals surface area contributed by atoms with E-state index in [9.17, 15) is 0 Å². The Morgan fingerprint density at radius 3 is 2.67 bits per heavy atom. The van der Waals surface area contributed by atoms with Gasteiger partial charge in [0.2, 0.25) is 0 Å². The number of hydrogen-bond acceptors (Lipinski definition) is 1. The fourth-order valence-corrected chi connectivity index (χ4v) is 0.755. The van der Waals surface area contributed by atoms with Crippen molar-refractivity contribution in [1.82, 2.24) is 4.98 Å². The van der Waals surface area contributed by atoms with Gasteiger partial charge in [-0.05, 0) is 30.5 Å². The molecule has 0 amide bonds. The molecule has 1 nitrogen and oxygen atoms in total. The summed E-state index contributed by atoms with van der Waals surface area (Å²) < 4.78 is 0. The summed E-state index contributed by atoms with van der Waals surface area (Å²) in [6, 6.07) is 4.06. The fourth-order valence-electron chi connectivity index (χ4n) is 0.755. The topological polar surface area (TPSA) is 12.9 Å². The van der Waals surface area contributed by atoms with Gasteiger partial charge >= 0.3 is 0 Å². The van der Waals surface area contributed by atoms with Crippen LogP contribution in [0.2, 0.25) is 0 Å². The van der Waals surface area contributed by atoms with Crippen LogP contribution in [0, 0.1) is 6.42 Å². The molecule has 0 saturated carbocycles. The Bertz CT molecular complexity index is 157. The third-order valence-corrected chi connectivity index (χ3v) is 1.19. The van der Waals surface area contributed by atoms with Gasteiger partial charge in [0.05, 0.1) is 0 Å². The van der Waals surface area contributed by atoms with Crippen LogP contribution in [0.1, 0.15) is 12.5 Å². The molecule has 1 heterocycles. The van der Waals surface area contributed by atoms with E-state index in [1.807, 2.05) is 24.5 Å². The van der Waals surface area contributed by atoms with Gasteiger partial charge in [-0.2, -0.15) is 0 Å². The second-order valence-electron chi connectivity index (χ2n) is 1.97. The minimum Gasteiger partial charge on any atom is -0.265 e. The van der Waals surface area contributed by atoms with Crippen molar-refractivity contribution in [2.75, 3.05) is 0 Å². The molecule has 9 heavy (non-hydrogen) atoms. The van der Waals surface area contributed by atoms with Crippen molar-refractivity contribution in [2.45, 2.75) is 13.3 Å². The molecule has 0 N–H and O–H groups in total. The molecule has 1 rings (SSSR count). The zero-order chi connectivity index (χ0) is 6.53. The Morgan fingerprint density at radius 2 is 2.11 bits per heavy atom. The van der Waals surface area contributed by atoms with Crippen molar-refractivity contribution in [3.8, 4) is 0 Å². The number of nitrogens with zero attached hydrogens (tertiary/aromatic N) is 1. The number of pyridine rings is 1. The molecule has 0 aliphatic carbocycles. The van der Waals surface area contributed by atoms with E-state index in [0.717, 1.165) is 6.42 Å². The first kappa shape index (κ1) is 6.27. The SMILES string of the molecule is C[CH]Cc1ccncc1. The highest BCUT2D eigenvalue weighted by Gasteiger charge is 1.85. The lowest BCUT2D eigenvalue weighted by molar-refractivity contribution is 1.12. The summed E-state index contributed by atoms with van der Waals surface area (Å²) in [6.45, 7) is 2.06. The third-order valence-electron chi connectivity index (χ3n) is 1.19. The average Bonchev–Trinajstić information content (AvgIpc) is 1.91. The molecule has 0 bridgehead atoms. The molecule has 0 aliphatic heterocycles. The first-order valence-corrected chi connectivity index (χ1v) is 3.10. The van der Waals surface area contributed by atoms with Gasteiger partial charge in [0.15, 0.2) is 0 Å². The largest absolute Gasteiger partial charge is 0.265 e. The molecule has 1 aromatic rings. The van der Waals surface area contributed by atoms with Gasteiger partial charge in [-0.25, -0.2) is 0 Å².